The third kappa shape index (κ3) is 2.86. The molecule has 0 atom stereocenters. The summed E-state index contributed by atoms with van der Waals surface area (Å²) in [4.78, 5) is 16.4. The van der Waals surface area contributed by atoms with Gasteiger partial charge in [-0.25, -0.2) is 4.98 Å². The van der Waals surface area contributed by atoms with Gasteiger partial charge in [-0.05, 0) is 31.5 Å². The van der Waals surface area contributed by atoms with Gasteiger partial charge in [0.05, 0.1) is 23.1 Å². The van der Waals surface area contributed by atoms with Crippen molar-refractivity contribution in [2.24, 2.45) is 7.05 Å². The highest BCUT2D eigenvalue weighted by Gasteiger charge is 2.09. The molecule has 22 heavy (non-hydrogen) atoms. The molecule has 0 saturated carbocycles. The average molecular weight is 298 g/mol. The number of benzene rings is 1. The van der Waals surface area contributed by atoms with Gasteiger partial charge in [0.1, 0.15) is 11.6 Å². The van der Waals surface area contributed by atoms with Crippen LogP contribution in [0, 0.1) is 13.8 Å². The van der Waals surface area contributed by atoms with Gasteiger partial charge in [0.15, 0.2) is 0 Å². The van der Waals surface area contributed by atoms with Crippen LogP contribution in [0.3, 0.4) is 0 Å². The molecule has 6 nitrogen and oxygen atoms in total. The summed E-state index contributed by atoms with van der Waals surface area (Å²) in [5, 5.41) is 6.65. The zero-order valence-corrected chi connectivity index (χ0v) is 12.9. The lowest BCUT2D eigenvalue weighted by Crippen LogP contribution is -2.24. The van der Waals surface area contributed by atoms with Crippen LogP contribution in [0.1, 0.15) is 22.8 Å². The molecule has 0 fully saturated rings. The van der Waals surface area contributed by atoms with Gasteiger partial charge in [-0.3, -0.25) is 4.79 Å². The lowest BCUT2D eigenvalue weighted by atomic mass is 10.2. The Morgan fingerprint density at radius 3 is 2.86 bits per heavy atom. The Labute approximate surface area is 128 Å². The maximum atomic E-state index is 11.9. The van der Waals surface area contributed by atoms with Gasteiger partial charge in [-0.1, -0.05) is 11.2 Å². The average Bonchev–Trinajstić information content (AvgIpc) is 3.01. The maximum Gasteiger partial charge on any atom is 0.227 e. The second-order valence-electron chi connectivity index (χ2n) is 5.43. The smallest absolute Gasteiger partial charge is 0.227 e. The van der Waals surface area contributed by atoms with E-state index < -0.39 is 0 Å². The molecule has 0 unspecified atom stereocenters. The van der Waals surface area contributed by atoms with E-state index in [0.717, 1.165) is 28.1 Å². The summed E-state index contributed by atoms with van der Waals surface area (Å²) in [6, 6.07) is 7.79. The topological polar surface area (TPSA) is 73.0 Å². The SMILES string of the molecule is Cc1cc(CC(=O)NCc2ccc3c(c2)nc(C)n3C)on1. The first kappa shape index (κ1) is 14.3. The Balaban J connectivity index is 1.64. The van der Waals surface area contributed by atoms with Crippen molar-refractivity contribution < 1.29 is 9.32 Å². The molecule has 1 amide bonds. The molecule has 1 aromatic carbocycles. The Kier molecular flexibility index (Phi) is 3.66. The molecule has 3 rings (SSSR count). The van der Waals surface area contributed by atoms with Crippen molar-refractivity contribution in [1.29, 1.82) is 0 Å². The van der Waals surface area contributed by atoms with Gasteiger partial charge < -0.3 is 14.4 Å². The van der Waals surface area contributed by atoms with Crippen LogP contribution in [-0.2, 0) is 24.8 Å². The number of carbonyl (C=O) groups is 1. The van der Waals surface area contributed by atoms with E-state index in [1.54, 1.807) is 6.07 Å². The highest BCUT2D eigenvalue weighted by molar-refractivity contribution is 5.79. The van der Waals surface area contributed by atoms with Crippen LogP contribution in [0.4, 0.5) is 0 Å². The lowest BCUT2D eigenvalue weighted by Gasteiger charge is -2.04. The van der Waals surface area contributed by atoms with E-state index in [1.807, 2.05) is 43.7 Å². The first-order valence-electron chi connectivity index (χ1n) is 7.14. The molecule has 0 aliphatic heterocycles. The van der Waals surface area contributed by atoms with Gasteiger partial charge in [0.25, 0.3) is 0 Å². The number of nitrogens with zero attached hydrogens (tertiary/aromatic N) is 3. The van der Waals surface area contributed by atoms with Crippen molar-refractivity contribution in [3.63, 3.8) is 0 Å². The zero-order chi connectivity index (χ0) is 15.7. The minimum absolute atomic E-state index is 0.0894. The number of fused-ring (bicyclic) bond motifs is 1. The molecule has 114 valence electrons. The number of amides is 1. The fourth-order valence-corrected chi connectivity index (χ4v) is 2.40. The van der Waals surface area contributed by atoms with Crippen molar-refractivity contribution in [2.75, 3.05) is 0 Å². The maximum absolute atomic E-state index is 11.9. The van der Waals surface area contributed by atoms with Crippen molar-refractivity contribution in [2.45, 2.75) is 26.8 Å². The van der Waals surface area contributed by atoms with Crippen LogP contribution in [0.15, 0.2) is 28.8 Å². The number of carbonyl (C=O) groups excluding carboxylic acids is 1. The highest BCUT2D eigenvalue weighted by Crippen LogP contribution is 2.16. The molecule has 0 aliphatic carbocycles. The Hall–Kier alpha value is -2.63. The highest BCUT2D eigenvalue weighted by atomic mass is 16.5. The summed E-state index contributed by atoms with van der Waals surface area (Å²) < 4.78 is 7.08. The normalized spacial score (nSPS) is 11.0. The number of imidazole rings is 1. The monoisotopic (exact) mass is 298 g/mol. The van der Waals surface area contributed by atoms with Crippen LogP contribution in [0.5, 0.6) is 0 Å². The molecule has 1 N–H and O–H groups in total. The van der Waals surface area contributed by atoms with E-state index in [4.69, 9.17) is 4.52 Å². The van der Waals surface area contributed by atoms with Crippen LogP contribution in [-0.4, -0.2) is 20.6 Å². The molecule has 3 aromatic rings. The van der Waals surface area contributed by atoms with Gasteiger partial charge in [0, 0.05) is 19.7 Å². The molecule has 6 heteroatoms. The van der Waals surface area contributed by atoms with E-state index in [-0.39, 0.29) is 12.3 Å². The molecule has 2 aromatic heterocycles. The summed E-state index contributed by atoms with van der Waals surface area (Å²) in [7, 11) is 1.99. The van der Waals surface area contributed by atoms with Crippen molar-refractivity contribution >= 4 is 16.9 Å². The lowest BCUT2D eigenvalue weighted by molar-refractivity contribution is -0.120. The van der Waals surface area contributed by atoms with Crippen molar-refractivity contribution in [3.8, 4) is 0 Å². The quantitative estimate of drug-likeness (QED) is 0.800. The van der Waals surface area contributed by atoms with E-state index >= 15 is 0 Å². The molecule has 0 bridgehead atoms. The Morgan fingerprint density at radius 2 is 2.14 bits per heavy atom. The summed E-state index contributed by atoms with van der Waals surface area (Å²) in [5.41, 5.74) is 3.83. The third-order valence-corrected chi connectivity index (χ3v) is 3.67. The molecular formula is C16H18N4O2. The van der Waals surface area contributed by atoms with E-state index in [0.29, 0.717) is 12.3 Å². The van der Waals surface area contributed by atoms with E-state index in [9.17, 15) is 4.79 Å². The molecule has 2 heterocycles. The summed E-state index contributed by atoms with van der Waals surface area (Å²) in [5.74, 6) is 1.45. The Bertz CT molecular complexity index is 832. The van der Waals surface area contributed by atoms with Crippen molar-refractivity contribution in [3.05, 3.63) is 47.1 Å². The van der Waals surface area contributed by atoms with E-state index in [1.165, 1.54) is 0 Å². The number of aryl methyl sites for hydroxylation is 3. The number of rotatable bonds is 4. The van der Waals surface area contributed by atoms with Crippen LogP contribution in [0.25, 0.3) is 11.0 Å². The largest absolute Gasteiger partial charge is 0.361 e. The summed E-state index contributed by atoms with van der Waals surface area (Å²) in [6.45, 7) is 4.27. The zero-order valence-electron chi connectivity index (χ0n) is 12.9. The standard InChI is InChI=1S/C16H18N4O2/c1-10-6-13(22-19-10)8-16(21)17-9-12-4-5-15-14(7-12)18-11(2)20(15)3/h4-7H,8-9H2,1-3H3,(H,17,21). The summed E-state index contributed by atoms with van der Waals surface area (Å²) in [6.07, 6.45) is 0.200. The first-order chi connectivity index (χ1) is 10.5. The van der Waals surface area contributed by atoms with Crippen LogP contribution < -0.4 is 5.32 Å². The second kappa shape index (κ2) is 5.63. The van der Waals surface area contributed by atoms with Gasteiger partial charge in [-0.2, -0.15) is 0 Å². The number of hydrogen-bond acceptors (Lipinski definition) is 4. The predicted molar refractivity (Wildman–Crippen MR) is 82.2 cm³/mol. The fraction of sp³-hybridized carbons (Fsp3) is 0.312. The molecule has 0 spiro atoms. The van der Waals surface area contributed by atoms with Gasteiger partial charge in [-0.15, -0.1) is 0 Å². The summed E-state index contributed by atoms with van der Waals surface area (Å²) >= 11 is 0. The predicted octanol–water partition coefficient (Wildman–Crippen LogP) is 2.04. The minimum Gasteiger partial charge on any atom is -0.361 e. The fourth-order valence-electron chi connectivity index (χ4n) is 2.40. The Morgan fingerprint density at radius 1 is 1.32 bits per heavy atom. The number of nitrogens with one attached hydrogen (secondary N) is 1. The molecule has 0 radical (unpaired) electrons. The third-order valence-electron chi connectivity index (χ3n) is 3.67. The number of aromatic nitrogens is 3. The van der Waals surface area contributed by atoms with Gasteiger partial charge >= 0.3 is 0 Å². The molecule has 0 aliphatic rings. The molecular weight excluding hydrogens is 280 g/mol. The van der Waals surface area contributed by atoms with Crippen LogP contribution >= 0.6 is 0 Å². The minimum atomic E-state index is -0.0894. The second-order valence-corrected chi connectivity index (χ2v) is 5.43. The van der Waals surface area contributed by atoms with Gasteiger partial charge in [0.2, 0.25) is 5.91 Å². The van der Waals surface area contributed by atoms with Crippen LogP contribution in [0.2, 0.25) is 0 Å². The first-order valence-corrected chi connectivity index (χ1v) is 7.14. The number of hydrogen-bond donors (Lipinski definition) is 1. The van der Waals surface area contributed by atoms with E-state index in [2.05, 4.69) is 15.5 Å². The molecule has 0 saturated heterocycles. The van der Waals surface area contributed by atoms with Crippen molar-refractivity contribution in [1.82, 2.24) is 20.0 Å².